The Hall–Kier alpha value is -1.93. The van der Waals surface area contributed by atoms with Crippen LogP contribution in [0.25, 0.3) is 0 Å². The van der Waals surface area contributed by atoms with Crippen molar-refractivity contribution in [1.82, 2.24) is 10.0 Å². The first-order chi connectivity index (χ1) is 12.8. The SMILES string of the molecule is O=C(NC1(C(=O)O)CCCCCC1)c1cccc(S(=O)(=O)NCC2CC2)c1. The van der Waals surface area contributed by atoms with Gasteiger partial charge in [-0.25, -0.2) is 17.9 Å². The van der Waals surface area contributed by atoms with Gasteiger partial charge in [0.1, 0.15) is 5.54 Å². The maximum atomic E-state index is 12.7. The second-order valence-corrected chi connectivity index (χ2v) is 9.35. The first-order valence-corrected chi connectivity index (χ1v) is 11.0. The quantitative estimate of drug-likeness (QED) is 0.614. The lowest BCUT2D eigenvalue weighted by Crippen LogP contribution is -2.54. The van der Waals surface area contributed by atoms with Crippen LogP contribution < -0.4 is 10.0 Å². The minimum absolute atomic E-state index is 0.0149. The Morgan fingerprint density at radius 3 is 2.37 bits per heavy atom. The summed E-state index contributed by atoms with van der Waals surface area (Å²) in [5.41, 5.74) is -1.14. The molecule has 3 N–H and O–H groups in total. The standard InChI is InChI=1S/C19H26N2O5S/c22-17(21-19(18(23)24)10-3-1-2-4-11-19)15-6-5-7-16(12-15)27(25,26)20-13-14-8-9-14/h5-7,12,14,20H,1-4,8-11,13H2,(H,21,22)(H,23,24). The van der Waals surface area contributed by atoms with Crippen LogP contribution in [0, 0.1) is 5.92 Å². The molecule has 7 nitrogen and oxygen atoms in total. The van der Waals surface area contributed by atoms with Crippen molar-refractivity contribution in [3.05, 3.63) is 29.8 Å². The summed E-state index contributed by atoms with van der Waals surface area (Å²) in [7, 11) is -3.69. The van der Waals surface area contributed by atoms with E-state index in [-0.39, 0.29) is 10.5 Å². The highest BCUT2D eigenvalue weighted by Gasteiger charge is 2.40. The highest BCUT2D eigenvalue weighted by atomic mass is 32.2. The molecule has 2 saturated carbocycles. The number of carbonyl (C=O) groups excluding carboxylic acids is 1. The molecule has 148 valence electrons. The van der Waals surface area contributed by atoms with Crippen LogP contribution in [0.4, 0.5) is 0 Å². The number of carboxylic acids is 1. The average Bonchev–Trinajstić information content (AvgIpc) is 3.48. The van der Waals surface area contributed by atoms with E-state index in [4.69, 9.17) is 0 Å². The molecule has 0 aliphatic heterocycles. The molecule has 8 heteroatoms. The monoisotopic (exact) mass is 394 g/mol. The number of rotatable bonds is 7. The van der Waals surface area contributed by atoms with Gasteiger partial charge in [0, 0.05) is 12.1 Å². The fourth-order valence-corrected chi connectivity index (χ4v) is 4.61. The maximum Gasteiger partial charge on any atom is 0.329 e. The van der Waals surface area contributed by atoms with Gasteiger partial charge in [0.2, 0.25) is 10.0 Å². The van der Waals surface area contributed by atoms with E-state index in [0.29, 0.717) is 25.3 Å². The zero-order chi connectivity index (χ0) is 19.5. The van der Waals surface area contributed by atoms with Crippen molar-refractivity contribution in [3.63, 3.8) is 0 Å². The molecule has 0 saturated heterocycles. The first-order valence-electron chi connectivity index (χ1n) is 9.48. The molecule has 0 atom stereocenters. The van der Waals surface area contributed by atoms with Gasteiger partial charge < -0.3 is 10.4 Å². The highest BCUT2D eigenvalue weighted by Crippen LogP contribution is 2.29. The lowest BCUT2D eigenvalue weighted by atomic mass is 9.90. The smallest absolute Gasteiger partial charge is 0.329 e. The van der Waals surface area contributed by atoms with Gasteiger partial charge in [0.15, 0.2) is 0 Å². The van der Waals surface area contributed by atoms with Gasteiger partial charge in [-0.2, -0.15) is 0 Å². The number of sulfonamides is 1. The van der Waals surface area contributed by atoms with Gasteiger partial charge in [0.25, 0.3) is 5.91 Å². The Labute approximate surface area is 159 Å². The number of carboxylic acid groups (broad SMARTS) is 1. The molecule has 3 rings (SSSR count). The van der Waals surface area contributed by atoms with Crippen LogP contribution >= 0.6 is 0 Å². The van der Waals surface area contributed by atoms with Gasteiger partial charge >= 0.3 is 5.97 Å². The van der Waals surface area contributed by atoms with Crippen molar-refractivity contribution in [1.29, 1.82) is 0 Å². The van der Waals surface area contributed by atoms with Gasteiger partial charge in [-0.1, -0.05) is 31.7 Å². The van der Waals surface area contributed by atoms with E-state index in [9.17, 15) is 23.1 Å². The summed E-state index contributed by atoms with van der Waals surface area (Å²) in [6, 6.07) is 5.74. The second kappa shape index (κ2) is 7.98. The topological polar surface area (TPSA) is 113 Å². The number of benzene rings is 1. The summed E-state index contributed by atoms with van der Waals surface area (Å²) >= 11 is 0. The highest BCUT2D eigenvalue weighted by molar-refractivity contribution is 7.89. The van der Waals surface area contributed by atoms with E-state index >= 15 is 0 Å². The zero-order valence-corrected chi connectivity index (χ0v) is 16.1. The van der Waals surface area contributed by atoms with Crippen molar-refractivity contribution in [2.45, 2.75) is 61.8 Å². The molecule has 27 heavy (non-hydrogen) atoms. The Bertz CT molecular complexity index is 809. The maximum absolute atomic E-state index is 12.7. The van der Waals surface area contributed by atoms with E-state index in [2.05, 4.69) is 10.0 Å². The van der Waals surface area contributed by atoms with Crippen LogP contribution in [0.15, 0.2) is 29.2 Å². The fraction of sp³-hybridized carbons (Fsp3) is 0.579. The minimum atomic E-state index is -3.69. The lowest BCUT2D eigenvalue weighted by molar-refractivity contribution is -0.145. The van der Waals surface area contributed by atoms with Crippen molar-refractivity contribution < 1.29 is 23.1 Å². The molecule has 1 aromatic rings. The van der Waals surface area contributed by atoms with Crippen molar-refractivity contribution in [2.75, 3.05) is 6.54 Å². The molecule has 0 spiro atoms. The minimum Gasteiger partial charge on any atom is -0.480 e. The normalized spacial score (nSPS) is 19.9. The summed E-state index contributed by atoms with van der Waals surface area (Å²) in [5.74, 6) is -1.19. The lowest BCUT2D eigenvalue weighted by Gasteiger charge is -2.29. The molecule has 0 unspecified atom stereocenters. The number of hydrogen-bond acceptors (Lipinski definition) is 4. The molecule has 1 amide bonds. The first kappa shape index (κ1) is 19.8. The van der Waals surface area contributed by atoms with E-state index in [1.807, 2.05) is 0 Å². The Kier molecular flexibility index (Phi) is 5.86. The van der Waals surface area contributed by atoms with Crippen LogP contribution in [0.2, 0.25) is 0 Å². The van der Waals surface area contributed by atoms with E-state index in [0.717, 1.165) is 38.5 Å². The molecule has 0 aromatic heterocycles. The zero-order valence-electron chi connectivity index (χ0n) is 15.2. The molecule has 0 bridgehead atoms. The van der Waals surface area contributed by atoms with E-state index in [1.54, 1.807) is 0 Å². The third-order valence-electron chi connectivity index (χ3n) is 5.38. The predicted molar refractivity (Wildman–Crippen MR) is 99.9 cm³/mol. The molecule has 1 aromatic carbocycles. The number of amides is 1. The van der Waals surface area contributed by atoms with Gasteiger partial charge in [-0.15, -0.1) is 0 Å². The van der Waals surface area contributed by atoms with Crippen LogP contribution in [0.1, 0.15) is 61.7 Å². The van der Waals surface area contributed by atoms with Crippen molar-refractivity contribution >= 4 is 21.9 Å². The van der Waals surface area contributed by atoms with Crippen LogP contribution in [-0.4, -0.2) is 37.5 Å². The second-order valence-electron chi connectivity index (χ2n) is 7.58. The predicted octanol–water partition coefficient (Wildman–Crippen LogP) is 2.28. The van der Waals surface area contributed by atoms with E-state index in [1.165, 1.54) is 24.3 Å². The molecular weight excluding hydrogens is 368 g/mol. The summed E-state index contributed by atoms with van der Waals surface area (Å²) in [6.07, 6.45) is 6.21. The number of hydrogen-bond donors (Lipinski definition) is 3. The number of carbonyl (C=O) groups is 2. The van der Waals surface area contributed by atoms with E-state index < -0.39 is 27.4 Å². The average molecular weight is 394 g/mol. The third kappa shape index (κ3) is 4.87. The molecule has 2 fully saturated rings. The fourth-order valence-electron chi connectivity index (χ4n) is 3.45. The van der Waals surface area contributed by atoms with Gasteiger partial charge in [-0.05, 0) is 49.8 Å². The van der Waals surface area contributed by atoms with Gasteiger partial charge in [-0.3, -0.25) is 4.79 Å². The largest absolute Gasteiger partial charge is 0.480 e. The number of nitrogens with one attached hydrogen (secondary N) is 2. The van der Waals surface area contributed by atoms with Crippen molar-refractivity contribution in [3.8, 4) is 0 Å². The summed E-state index contributed by atoms with van der Waals surface area (Å²) in [4.78, 5) is 24.6. The number of aliphatic carboxylic acids is 1. The summed E-state index contributed by atoms with van der Waals surface area (Å²) in [6.45, 7) is 0.404. The van der Waals surface area contributed by atoms with Crippen LogP contribution in [0.5, 0.6) is 0 Å². The molecule has 0 heterocycles. The van der Waals surface area contributed by atoms with Crippen molar-refractivity contribution in [2.24, 2.45) is 5.92 Å². The van der Waals surface area contributed by atoms with Gasteiger partial charge in [0.05, 0.1) is 4.90 Å². The van der Waals surface area contributed by atoms with Crippen LogP contribution in [0.3, 0.4) is 0 Å². The summed E-state index contributed by atoms with van der Waals surface area (Å²) < 4.78 is 27.4. The summed E-state index contributed by atoms with van der Waals surface area (Å²) in [5, 5.41) is 12.4. The Morgan fingerprint density at radius 2 is 1.78 bits per heavy atom. The third-order valence-corrected chi connectivity index (χ3v) is 6.81. The molecule has 2 aliphatic rings. The Balaban J connectivity index is 1.76. The molecule has 0 radical (unpaired) electrons. The Morgan fingerprint density at radius 1 is 1.11 bits per heavy atom. The molecular formula is C19H26N2O5S. The molecule has 2 aliphatic carbocycles. The van der Waals surface area contributed by atoms with Crippen LogP contribution in [-0.2, 0) is 14.8 Å².